The van der Waals surface area contributed by atoms with Crippen LogP contribution in [0, 0.1) is 0 Å². The summed E-state index contributed by atoms with van der Waals surface area (Å²) in [5.74, 6) is 1.08. The van der Waals surface area contributed by atoms with Crippen LogP contribution < -0.4 is 10.1 Å². The number of carbonyl (C=O) groups is 1. The predicted octanol–water partition coefficient (Wildman–Crippen LogP) is 3.82. The van der Waals surface area contributed by atoms with Gasteiger partial charge in [0.1, 0.15) is 16.8 Å². The van der Waals surface area contributed by atoms with Gasteiger partial charge >= 0.3 is 5.97 Å². The number of hydrogen-bond acceptors (Lipinski definition) is 11. The van der Waals surface area contributed by atoms with Crippen LogP contribution >= 0.6 is 23.1 Å². The van der Waals surface area contributed by atoms with E-state index < -0.39 is 12.0 Å². The highest BCUT2D eigenvalue weighted by Crippen LogP contribution is 2.38. The molecule has 2 aromatic heterocycles. The first-order valence-electron chi connectivity index (χ1n) is 10.8. The number of nitrogens with zero attached hydrogens (tertiary/aromatic N) is 6. The lowest BCUT2D eigenvalue weighted by molar-refractivity contribution is -0.139. The smallest absolute Gasteiger partial charge is 0.338 e. The molecular weight excluding hydrogens is 486 g/mol. The second-order valence-corrected chi connectivity index (χ2v) is 9.59. The molecule has 5 rings (SSSR count). The number of hydrogen-bond donors (Lipinski definition) is 1. The molecule has 10 nitrogen and oxygen atoms in total. The zero-order valence-corrected chi connectivity index (χ0v) is 20.5. The largest absolute Gasteiger partial charge is 0.497 e. The molecule has 1 unspecified atom stereocenters. The lowest BCUT2D eigenvalue weighted by Crippen LogP contribution is -2.31. The number of ether oxygens (including phenoxy) is 2. The molecule has 0 bridgehead atoms. The highest BCUT2D eigenvalue weighted by Gasteiger charge is 2.36. The molecule has 35 heavy (non-hydrogen) atoms. The van der Waals surface area contributed by atoms with E-state index in [-0.39, 0.29) is 6.61 Å². The first-order valence-corrected chi connectivity index (χ1v) is 12.6. The summed E-state index contributed by atoms with van der Waals surface area (Å²) in [4.78, 5) is 13.2. The molecule has 4 aromatic rings. The predicted molar refractivity (Wildman–Crippen MR) is 132 cm³/mol. The summed E-state index contributed by atoms with van der Waals surface area (Å²) in [5, 5.41) is 24.7. The van der Waals surface area contributed by atoms with E-state index >= 15 is 0 Å². The van der Waals surface area contributed by atoms with Gasteiger partial charge in [0.15, 0.2) is 4.34 Å². The highest BCUT2D eigenvalue weighted by atomic mass is 32.2. The number of carbonyl (C=O) groups excluding carboxylic acids is 1. The third-order valence-corrected chi connectivity index (χ3v) is 7.40. The van der Waals surface area contributed by atoms with Gasteiger partial charge in [0.2, 0.25) is 5.95 Å². The number of rotatable bonds is 8. The zero-order chi connectivity index (χ0) is 24.2. The quantitative estimate of drug-likeness (QED) is 0.279. The average molecular weight is 508 g/mol. The molecule has 0 amide bonds. The maximum atomic E-state index is 13.2. The summed E-state index contributed by atoms with van der Waals surface area (Å²) >= 11 is 2.97. The topological polar surface area (TPSA) is 117 Å². The number of fused-ring (bicyclic) bond motifs is 1. The molecule has 1 aliphatic heterocycles. The molecule has 1 N–H and O–H groups in total. The first kappa shape index (κ1) is 23.0. The van der Waals surface area contributed by atoms with Gasteiger partial charge in [-0.25, -0.2) is 4.79 Å². The Kier molecular flexibility index (Phi) is 6.73. The van der Waals surface area contributed by atoms with Gasteiger partial charge in [-0.3, -0.25) is 0 Å². The standard InChI is InChI=1S/C23H21N7O3S2/c1-3-33-21(31)18-17(13-34-23-27-25-20(35-23)14-8-5-4-6-9-14)24-22-26-28-29-30(22)19(18)15-10-7-11-16(12-15)32-2/h4-12,19H,3,13H2,1-2H3,(H,24,26,29). The van der Waals surface area contributed by atoms with Crippen molar-refractivity contribution in [2.24, 2.45) is 0 Å². The molecule has 1 aliphatic rings. The molecule has 0 aliphatic carbocycles. The van der Waals surface area contributed by atoms with E-state index in [0.29, 0.717) is 28.7 Å². The van der Waals surface area contributed by atoms with Crippen LogP contribution in [0.1, 0.15) is 18.5 Å². The van der Waals surface area contributed by atoms with E-state index in [1.165, 1.54) is 23.1 Å². The van der Waals surface area contributed by atoms with Crippen LogP contribution in [0.3, 0.4) is 0 Å². The summed E-state index contributed by atoms with van der Waals surface area (Å²) in [6, 6.07) is 16.8. The number of thioether (sulfide) groups is 1. The third-order valence-electron chi connectivity index (χ3n) is 5.27. The number of aromatic nitrogens is 6. The normalized spacial score (nSPS) is 14.9. The Morgan fingerprint density at radius 1 is 1.14 bits per heavy atom. The third kappa shape index (κ3) is 4.75. The number of methoxy groups -OCH3 is 1. The van der Waals surface area contributed by atoms with E-state index in [0.717, 1.165) is 20.5 Å². The Balaban J connectivity index is 1.50. The van der Waals surface area contributed by atoms with E-state index in [1.807, 2.05) is 54.6 Å². The molecule has 0 spiro atoms. The van der Waals surface area contributed by atoms with Crippen LogP contribution in [-0.2, 0) is 9.53 Å². The average Bonchev–Trinajstić information content (AvgIpc) is 3.57. The van der Waals surface area contributed by atoms with Crippen molar-refractivity contribution < 1.29 is 14.3 Å². The summed E-state index contributed by atoms with van der Waals surface area (Å²) in [6.07, 6.45) is 0. The molecule has 12 heteroatoms. The van der Waals surface area contributed by atoms with E-state index in [1.54, 1.807) is 18.7 Å². The first-order chi connectivity index (χ1) is 17.2. The van der Waals surface area contributed by atoms with Crippen LogP contribution in [0.4, 0.5) is 5.95 Å². The van der Waals surface area contributed by atoms with Crippen LogP contribution in [0.5, 0.6) is 5.75 Å². The minimum Gasteiger partial charge on any atom is -0.497 e. The summed E-state index contributed by atoms with van der Waals surface area (Å²) in [7, 11) is 1.60. The van der Waals surface area contributed by atoms with Crippen molar-refractivity contribution in [2.45, 2.75) is 17.3 Å². The monoisotopic (exact) mass is 507 g/mol. The van der Waals surface area contributed by atoms with Crippen molar-refractivity contribution in [3.05, 3.63) is 71.4 Å². The van der Waals surface area contributed by atoms with Gasteiger partial charge in [-0.15, -0.1) is 10.2 Å². The fourth-order valence-corrected chi connectivity index (χ4v) is 5.54. The Labute approximate surface area is 209 Å². The van der Waals surface area contributed by atoms with Gasteiger partial charge in [0.25, 0.3) is 0 Å². The maximum Gasteiger partial charge on any atom is 0.338 e. The van der Waals surface area contributed by atoms with Crippen LogP contribution in [0.15, 0.2) is 70.2 Å². The maximum absolute atomic E-state index is 13.2. The Hall–Kier alpha value is -3.77. The van der Waals surface area contributed by atoms with Gasteiger partial charge in [0.05, 0.1) is 19.3 Å². The number of esters is 1. The van der Waals surface area contributed by atoms with Gasteiger partial charge in [-0.2, -0.15) is 4.68 Å². The van der Waals surface area contributed by atoms with Gasteiger partial charge in [0, 0.05) is 17.0 Å². The van der Waals surface area contributed by atoms with Crippen molar-refractivity contribution in [3.8, 4) is 16.3 Å². The summed E-state index contributed by atoms with van der Waals surface area (Å²) < 4.78 is 13.2. The molecule has 178 valence electrons. The fraction of sp³-hybridized carbons (Fsp3) is 0.217. The summed E-state index contributed by atoms with van der Waals surface area (Å²) in [6.45, 7) is 2.02. The second kappa shape index (κ2) is 10.2. The number of anilines is 1. The molecule has 0 fully saturated rings. The minimum atomic E-state index is -0.583. The van der Waals surface area contributed by atoms with E-state index in [2.05, 4.69) is 31.0 Å². The Bertz CT molecular complexity index is 1370. The molecule has 1 atom stereocenters. The molecule has 0 saturated carbocycles. The summed E-state index contributed by atoms with van der Waals surface area (Å²) in [5.41, 5.74) is 2.89. The van der Waals surface area contributed by atoms with Crippen molar-refractivity contribution in [2.75, 3.05) is 24.8 Å². The van der Waals surface area contributed by atoms with Gasteiger partial charge in [-0.05, 0) is 35.0 Å². The number of nitrogens with one attached hydrogen (secondary N) is 1. The van der Waals surface area contributed by atoms with Gasteiger partial charge < -0.3 is 14.8 Å². The van der Waals surface area contributed by atoms with E-state index in [9.17, 15) is 4.79 Å². The molecule has 0 saturated heterocycles. The van der Waals surface area contributed by atoms with Crippen molar-refractivity contribution in [1.82, 2.24) is 30.4 Å². The molecular formula is C23H21N7O3S2. The lowest BCUT2D eigenvalue weighted by atomic mass is 9.95. The number of tetrazole rings is 1. The SMILES string of the molecule is CCOC(=O)C1=C(CSc2nnc(-c3ccccc3)s2)Nc2nnnn2C1c1cccc(OC)c1. The van der Waals surface area contributed by atoms with Crippen molar-refractivity contribution >= 4 is 35.0 Å². The van der Waals surface area contributed by atoms with Crippen molar-refractivity contribution in [1.29, 1.82) is 0 Å². The Morgan fingerprint density at radius 2 is 2.00 bits per heavy atom. The molecule has 0 radical (unpaired) electrons. The van der Waals surface area contributed by atoms with Crippen molar-refractivity contribution in [3.63, 3.8) is 0 Å². The zero-order valence-electron chi connectivity index (χ0n) is 18.9. The van der Waals surface area contributed by atoms with E-state index in [4.69, 9.17) is 9.47 Å². The minimum absolute atomic E-state index is 0.243. The van der Waals surface area contributed by atoms with Gasteiger partial charge in [-0.1, -0.05) is 70.7 Å². The molecule has 3 heterocycles. The number of benzene rings is 2. The molecule has 2 aromatic carbocycles. The lowest BCUT2D eigenvalue weighted by Gasteiger charge is -2.28. The van der Waals surface area contributed by atoms with Crippen LogP contribution in [0.2, 0.25) is 0 Å². The second-order valence-electron chi connectivity index (χ2n) is 7.39. The highest BCUT2D eigenvalue weighted by molar-refractivity contribution is 8.01. The fourth-order valence-electron chi connectivity index (χ4n) is 3.72. The van der Waals surface area contributed by atoms with Crippen LogP contribution in [0.25, 0.3) is 10.6 Å². The Morgan fingerprint density at radius 3 is 2.80 bits per heavy atom. The van der Waals surface area contributed by atoms with Crippen LogP contribution in [-0.4, -0.2) is 55.8 Å².